The molecular formula is C14H17N3O3S. The van der Waals surface area contributed by atoms with Crippen LogP contribution in [0.5, 0.6) is 0 Å². The minimum Gasteiger partial charge on any atom is -0.388 e. The summed E-state index contributed by atoms with van der Waals surface area (Å²) in [6.45, 7) is 2.00. The van der Waals surface area contributed by atoms with Crippen LogP contribution in [0.2, 0.25) is 0 Å². The third kappa shape index (κ3) is 2.22. The fourth-order valence-corrected chi connectivity index (χ4v) is 4.06. The predicted molar refractivity (Wildman–Crippen MR) is 78.5 cm³/mol. The van der Waals surface area contributed by atoms with Gasteiger partial charge in [0.25, 0.3) is 10.0 Å². The lowest BCUT2D eigenvalue weighted by Gasteiger charge is -2.32. The normalized spacial score (nSPS) is 18.6. The summed E-state index contributed by atoms with van der Waals surface area (Å²) in [5.41, 5.74) is 1.17. The van der Waals surface area contributed by atoms with Crippen molar-refractivity contribution in [3.05, 3.63) is 41.9 Å². The van der Waals surface area contributed by atoms with Gasteiger partial charge in [-0.05, 0) is 19.4 Å². The molecule has 0 saturated carbocycles. The van der Waals surface area contributed by atoms with Crippen molar-refractivity contribution in [1.29, 1.82) is 0 Å². The molecule has 0 spiro atoms. The number of imidazole rings is 1. The number of fused-ring (bicyclic) bond motifs is 1. The van der Waals surface area contributed by atoms with Crippen molar-refractivity contribution in [2.24, 2.45) is 7.05 Å². The highest BCUT2D eigenvalue weighted by molar-refractivity contribution is 7.92. The summed E-state index contributed by atoms with van der Waals surface area (Å²) in [5, 5.41) is 10.1. The summed E-state index contributed by atoms with van der Waals surface area (Å²) in [4.78, 5) is 4.12. The zero-order chi connectivity index (χ0) is 15.2. The zero-order valence-corrected chi connectivity index (χ0v) is 12.7. The lowest BCUT2D eigenvalue weighted by Crippen LogP contribution is -2.36. The SMILES string of the molecule is Cc1nc(S(=O)(=O)N2CCC(O)c3ccccc32)cn1C. The average molecular weight is 307 g/mol. The van der Waals surface area contributed by atoms with E-state index in [4.69, 9.17) is 0 Å². The van der Waals surface area contributed by atoms with E-state index in [9.17, 15) is 13.5 Å². The molecule has 1 unspecified atom stereocenters. The Bertz CT molecular complexity index is 763. The van der Waals surface area contributed by atoms with Gasteiger partial charge < -0.3 is 9.67 Å². The maximum atomic E-state index is 12.8. The number of aromatic nitrogens is 2. The molecule has 1 N–H and O–H groups in total. The predicted octanol–water partition coefficient (Wildman–Crippen LogP) is 1.36. The summed E-state index contributed by atoms with van der Waals surface area (Å²) in [6, 6.07) is 7.03. The topological polar surface area (TPSA) is 75.4 Å². The van der Waals surface area contributed by atoms with Crippen LogP contribution in [-0.4, -0.2) is 29.6 Å². The van der Waals surface area contributed by atoms with Crippen LogP contribution in [0, 0.1) is 6.92 Å². The molecule has 0 amide bonds. The second-order valence-corrected chi connectivity index (χ2v) is 6.99. The van der Waals surface area contributed by atoms with Gasteiger partial charge in [0, 0.05) is 25.4 Å². The maximum Gasteiger partial charge on any atom is 0.283 e. The standard InChI is InChI=1S/C14H17N3O3S/c1-10-15-14(9-16(10)2)21(19,20)17-8-7-13(18)11-5-3-4-6-12(11)17/h3-6,9,13,18H,7-8H2,1-2H3. The third-order valence-corrected chi connectivity index (χ3v) is 5.50. The van der Waals surface area contributed by atoms with Gasteiger partial charge in [-0.2, -0.15) is 8.42 Å². The number of aliphatic hydroxyl groups is 1. The second-order valence-electron chi connectivity index (χ2n) is 5.18. The van der Waals surface area contributed by atoms with Gasteiger partial charge in [-0.25, -0.2) is 4.98 Å². The number of aliphatic hydroxyl groups excluding tert-OH is 1. The van der Waals surface area contributed by atoms with Crippen LogP contribution < -0.4 is 4.31 Å². The molecule has 0 bridgehead atoms. The number of hydrogen-bond donors (Lipinski definition) is 1. The Hall–Kier alpha value is -1.86. The Morgan fingerprint density at radius 3 is 2.71 bits per heavy atom. The molecule has 0 saturated heterocycles. The van der Waals surface area contributed by atoms with Crippen molar-refractivity contribution < 1.29 is 13.5 Å². The molecule has 1 aromatic heterocycles. The Morgan fingerprint density at radius 1 is 1.33 bits per heavy atom. The minimum absolute atomic E-state index is 0.0358. The van der Waals surface area contributed by atoms with Gasteiger partial charge in [-0.1, -0.05) is 18.2 Å². The lowest BCUT2D eigenvalue weighted by molar-refractivity contribution is 0.166. The van der Waals surface area contributed by atoms with Crippen LogP contribution in [0.15, 0.2) is 35.5 Å². The molecule has 1 aliphatic heterocycles. The number of anilines is 1. The third-order valence-electron chi connectivity index (χ3n) is 3.81. The molecule has 3 rings (SSSR count). The van der Waals surface area contributed by atoms with Crippen molar-refractivity contribution in [3.8, 4) is 0 Å². The number of sulfonamides is 1. The number of para-hydroxylation sites is 1. The molecule has 112 valence electrons. The Kier molecular flexibility index (Phi) is 3.26. The Balaban J connectivity index is 2.10. The van der Waals surface area contributed by atoms with E-state index in [-0.39, 0.29) is 11.6 Å². The number of nitrogens with zero attached hydrogens (tertiary/aromatic N) is 3. The Labute approximate surface area is 123 Å². The molecule has 1 aliphatic rings. The number of benzene rings is 1. The van der Waals surface area contributed by atoms with Gasteiger partial charge in [0.15, 0.2) is 5.03 Å². The van der Waals surface area contributed by atoms with Gasteiger partial charge in [0.05, 0.1) is 11.8 Å². The molecule has 6 nitrogen and oxygen atoms in total. The fraction of sp³-hybridized carbons (Fsp3) is 0.357. The highest BCUT2D eigenvalue weighted by Crippen LogP contribution is 2.36. The monoisotopic (exact) mass is 307 g/mol. The van der Waals surface area contributed by atoms with E-state index in [0.717, 1.165) is 0 Å². The average Bonchev–Trinajstić information content (AvgIpc) is 2.80. The summed E-state index contributed by atoms with van der Waals surface area (Å²) < 4.78 is 28.6. The Morgan fingerprint density at radius 2 is 2.05 bits per heavy atom. The van der Waals surface area contributed by atoms with Crippen LogP contribution in [0.25, 0.3) is 0 Å². The fourth-order valence-electron chi connectivity index (χ4n) is 2.53. The molecular weight excluding hydrogens is 290 g/mol. The summed E-state index contributed by atoms with van der Waals surface area (Å²) in [5.74, 6) is 0.638. The van der Waals surface area contributed by atoms with Crippen molar-refractivity contribution in [2.45, 2.75) is 24.5 Å². The molecule has 1 aromatic carbocycles. The van der Waals surface area contributed by atoms with Crippen molar-refractivity contribution in [3.63, 3.8) is 0 Å². The first-order chi connectivity index (χ1) is 9.91. The van der Waals surface area contributed by atoms with E-state index < -0.39 is 16.1 Å². The van der Waals surface area contributed by atoms with Gasteiger partial charge >= 0.3 is 0 Å². The van der Waals surface area contributed by atoms with Crippen LogP contribution in [0.4, 0.5) is 5.69 Å². The molecule has 21 heavy (non-hydrogen) atoms. The molecule has 0 radical (unpaired) electrons. The molecule has 2 heterocycles. The largest absolute Gasteiger partial charge is 0.388 e. The van der Waals surface area contributed by atoms with Gasteiger partial charge in [-0.15, -0.1) is 0 Å². The van der Waals surface area contributed by atoms with Gasteiger partial charge in [-0.3, -0.25) is 4.31 Å². The van der Waals surface area contributed by atoms with Gasteiger partial charge in [0.1, 0.15) is 5.82 Å². The summed E-state index contributed by atoms with van der Waals surface area (Å²) in [6.07, 6.45) is 1.26. The van der Waals surface area contributed by atoms with E-state index in [1.165, 1.54) is 10.5 Å². The van der Waals surface area contributed by atoms with Crippen molar-refractivity contribution in [1.82, 2.24) is 9.55 Å². The lowest BCUT2D eigenvalue weighted by atomic mass is 10.0. The number of hydrogen-bond acceptors (Lipinski definition) is 4. The van der Waals surface area contributed by atoms with E-state index >= 15 is 0 Å². The van der Waals surface area contributed by atoms with Crippen molar-refractivity contribution in [2.75, 3.05) is 10.8 Å². The van der Waals surface area contributed by atoms with E-state index in [1.807, 2.05) is 0 Å². The number of rotatable bonds is 2. The van der Waals surface area contributed by atoms with Crippen LogP contribution in [0.1, 0.15) is 23.9 Å². The van der Waals surface area contributed by atoms with E-state index in [1.54, 1.807) is 42.8 Å². The smallest absolute Gasteiger partial charge is 0.283 e. The quantitative estimate of drug-likeness (QED) is 0.909. The number of aryl methyl sites for hydroxylation is 2. The first kappa shape index (κ1) is 14.1. The van der Waals surface area contributed by atoms with Crippen molar-refractivity contribution >= 4 is 15.7 Å². The summed E-state index contributed by atoms with van der Waals surface area (Å²) >= 11 is 0. The zero-order valence-electron chi connectivity index (χ0n) is 11.9. The molecule has 7 heteroatoms. The van der Waals surface area contributed by atoms with Crippen LogP contribution in [-0.2, 0) is 17.1 Å². The highest BCUT2D eigenvalue weighted by atomic mass is 32.2. The van der Waals surface area contributed by atoms with Crippen LogP contribution in [0.3, 0.4) is 0 Å². The second kappa shape index (κ2) is 4.85. The first-order valence-electron chi connectivity index (χ1n) is 6.71. The van der Waals surface area contributed by atoms with Gasteiger partial charge in [0.2, 0.25) is 0 Å². The van der Waals surface area contributed by atoms with E-state index in [2.05, 4.69) is 4.98 Å². The summed E-state index contributed by atoms with van der Waals surface area (Å²) in [7, 11) is -1.95. The van der Waals surface area contributed by atoms with E-state index in [0.29, 0.717) is 23.5 Å². The minimum atomic E-state index is -3.71. The molecule has 0 aliphatic carbocycles. The molecule has 2 aromatic rings. The highest BCUT2D eigenvalue weighted by Gasteiger charge is 2.33. The maximum absolute atomic E-state index is 12.8. The van der Waals surface area contributed by atoms with Crippen LogP contribution >= 0.6 is 0 Å². The first-order valence-corrected chi connectivity index (χ1v) is 8.15. The molecule has 1 atom stereocenters. The molecule has 0 fully saturated rings.